The third-order valence-corrected chi connectivity index (χ3v) is 3.30. The molecule has 0 radical (unpaired) electrons. The fourth-order valence-corrected chi connectivity index (χ4v) is 2.01. The van der Waals surface area contributed by atoms with Gasteiger partial charge in [0, 0.05) is 12.3 Å². The third-order valence-electron chi connectivity index (χ3n) is 2.79. The summed E-state index contributed by atoms with van der Waals surface area (Å²) >= 11 is 2.98. The lowest BCUT2D eigenvalue weighted by atomic mass is 10.1. The highest BCUT2D eigenvalue weighted by atomic mass is 79.9. The van der Waals surface area contributed by atoms with Crippen molar-refractivity contribution in [1.82, 2.24) is 4.98 Å². The molecule has 2 aromatic rings. The van der Waals surface area contributed by atoms with Gasteiger partial charge < -0.3 is 4.74 Å². The van der Waals surface area contributed by atoms with E-state index in [1.54, 1.807) is 6.92 Å². The maximum absolute atomic E-state index is 13.7. The van der Waals surface area contributed by atoms with Crippen molar-refractivity contribution < 1.29 is 18.3 Å². The Labute approximate surface area is 129 Å². The number of hydrogen-bond donors (Lipinski definition) is 0. The van der Waals surface area contributed by atoms with Gasteiger partial charge in [-0.2, -0.15) is 0 Å². The van der Waals surface area contributed by atoms with Gasteiger partial charge in [-0.15, -0.1) is 0 Å². The molecule has 1 heterocycles. The first-order valence-corrected chi connectivity index (χ1v) is 7.26. The summed E-state index contributed by atoms with van der Waals surface area (Å²) in [5.74, 6) is -1.29. The van der Waals surface area contributed by atoms with Gasteiger partial charge in [0.05, 0.1) is 10.9 Å². The standard InChI is InChI=1S/C15H12BrF2NO2/c1-9-4-13(18)14(19-7-9)8-21-10-2-3-11(12(17)5-10)15(20)6-16/h2-5,7H,6,8H2,1H3. The summed E-state index contributed by atoms with van der Waals surface area (Å²) < 4.78 is 32.6. The van der Waals surface area contributed by atoms with Crippen LogP contribution in [-0.2, 0) is 6.61 Å². The van der Waals surface area contributed by atoms with Crippen molar-refractivity contribution in [2.24, 2.45) is 0 Å². The largest absolute Gasteiger partial charge is 0.487 e. The second-order valence-electron chi connectivity index (χ2n) is 4.43. The van der Waals surface area contributed by atoms with Crippen LogP contribution in [0.1, 0.15) is 21.6 Å². The summed E-state index contributed by atoms with van der Waals surface area (Å²) in [5.41, 5.74) is 0.834. The Morgan fingerprint density at radius 2 is 2.05 bits per heavy atom. The Morgan fingerprint density at radius 3 is 2.67 bits per heavy atom. The number of ketones is 1. The Morgan fingerprint density at radius 1 is 1.29 bits per heavy atom. The second-order valence-corrected chi connectivity index (χ2v) is 4.99. The van der Waals surface area contributed by atoms with Crippen LogP contribution in [0.25, 0.3) is 0 Å². The van der Waals surface area contributed by atoms with Gasteiger partial charge in [-0.25, -0.2) is 8.78 Å². The SMILES string of the molecule is Cc1cnc(COc2ccc(C(=O)CBr)c(F)c2)c(F)c1. The molecule has 1 aromatic carbocycles. The summed E-state index contributed by atoms with van der Waals surface area (Å²) in [5, 5.41) is 0.0443. The van der Waals surface area contributed by atoms with Gasteiger partial charge in [-0.1, -0.05) is 15.9 Å². The summed E-state index contributed by atoms with van der Waals surface area (Å²) in [6.45, 7) is 1.62. The molecular formula is C15H12BrF2NO2. The summed E-state index contributed by atoms with van der Waals surface area (Å²) in [7, 11) is 0. The molecule has 0 unspecified atom stereocenters. The first-order chi connectivity index (χ1) is 10.0. The van der Waals surface area contributed by atoms with Crippen molar-refractivity contribution in [3.63, 3.8) is 0 Å². The van der Waals surface area contributed by atoms with E-state index in [1.165, 1.54) is 24.4 Å². The topological polar surface area (TPSA) is 39.2 Å². The molecule has 0 saturated heterocycles. The van der Waals surface area contributed by atoms with E-state index in [-0.39, 0.29) is 34.7 Å². The average molecular weight is 356 g/mol. The molecule has 0 fully saturated rings. The molecule has 0 bridgehead atoms. The fraction of sp³-hybridized carbons (Fsp3) is 0.200. The average Bonchev–Trinajstić information content (AvgIpc) is 2.45. The van der Waals surface area contributed by atoms with Gasteiger partial charge in [-0.05, 0) is 30.7 Å². The molecule has 0 aliphatic carbocycles. The first kappa shape index (κ1) is 15.6. The molecule has 110 valence electrons. The predicted octanol–water partition coefficient (Wildman–Crippen LogP) is 3.82. The van der Waals surface area contributed by atoms with Crippen LogP contribution in [0.2, 0.25) is 0 Å². The monoisotopic (exact) mass is 355 g/mol. The number of carbonyl (C=O) groups is 1. The van der Waals surface area contributed by atoms with Crippen molar-refractivity contribution in [3.05, 3.63) is 58.9 Å². The number of ether oxygens (including phenoxy) is 1. The summed E-state index contributed by atoms with van der Waals surface area (Å²) in [6, 6.07) is 5.25. The zero-order valence-electron chi connectivity index (χ0n) is 11.2. The van der Waals surface area contributed by atoms with Gasteiger partial charge >= 0.3 is 0 Å². The number of aromatic nitrogens is 1. The molecule has 2 rings (SSSR count). The van der Waals surface area contributed by atoms with Crippen LogP contribution in [0.15, 0.2) is 30.5 Å². The Bertz CT molecular complexity index is 677. The molecule has 3 nitrogen and oxygen atoms in total. The van der Waals surface area contributed by atoms with Crippen molar-refractivity contribution >= 4 is 21.7 Å². The molecule has 21 heavy (non-hydrogen) atoms. The van der Waals surface area contributed by atoms with Gasteiger partial charge in [-0.3, -0.25) is 9.78 Å². The number of pyridine rings is 1. The Kier molecular flexibility index (Phi) is 5.01. The fourth-order valence-electron chi connectivity index (χ4n) is 1.70. The lowest BCUT2D eigenvalue weighted by Gasteiger charge is -2.08. The van der Waals surface area contributed by atoms with Crippen LogP contribution in [0.3, 0.4) is 0 Å². The number of aryl methyl sites for hydroxylation is 1. The van der Waals surface area contributed by atoms with Crippen LogP contribution in [0.4, 0.5) is 8.78 Å². The minimum Gasteiger partial charge on any atom is -0.487 e. The summed E-state index contributed by atoms with van der Waals surface area (Å²) in [6.07, 6.45) is 1.53. The number of benzene rings is 1. The quantitative estimate of drug-likeness (QED) is 0.604. The summed E-state index contributed by atoms with van der Waals surface area (Å²) in [4.78, 5) is 15.3. The molecule has 0 aliphatic rings. The van der Waals surface area contributed by atoms with Crippen LogP contribution in [0, 0.1) is 18.6 Å². The van der Waals surface area contributed by atoms with E-state index in [0.29, 0.717) is 5.56 Å². The van der Waals surface area contributed by atoms with Crippen LogP contribution >= 0.6 is 15.9 Å². The van der Waals surface area contributed by atoms with E-state index in [1.807, 2.05) is 0 Å². The zero-order chi connectivity index (χ0) is 15.4. The van der Waals surface area contributed by atoms with Gasteiger partial charge in [0.15, 0.2) is 5.78 Å². The highest BCUT2D eigenvalue weighted by molar-refractivity contribution is 9.09. The highest BCUT2D eigenvalue weighted by Gasteiger charge is 2.12. The predicted molar refractivity (Wildman–Crippen MR) is 77.8 cm³/mol. The maximum Gasteiger partial charge on any atom is 0.176 e. The van der Waals surface area contributed by atoms with Gasteiger partial charge in [0.2, 0.25) is 0 Å². The van der Waals surface area contributed by atoms with E-state index in [2.05, 4.69) is 20.9 Å². The van der Waals surface area contributed by atoms with Crippen LogP contribution in [-0.4, -0.2) is 16.1 Å². The van der Waals surface area contributed by atoms with E-state index in [9.17, 15) is 13.6 Å². The van der Waals surface area contributed by atoms with Crippen LogP contribution < -0.4 is 4.74 Å². The normalized spacial score (nSPS) is 10.5. The maximum atomic E-state index is 13.7. The minimum atomic E-state index is -0.672. The van der Waals surface area contributed by atoms with E-state index < -0.39 is 11.6 Å². The zero-order valence-corrected chi connectivity index (χ0v) is 12.8. The lowest BCUT2D eigenvalue weighted by Crippen LogP contribution is -2.05. The Balaban J connectivity index is 2.10. The van der Waals surface area contributed by atoms with Crippen LogP contribution in [0.5, 0.6) is 5.75 Å². The minimum absolute atomic E-state index is 0.0149. The van der Waals surface area contributed by atoms with Crippen molar-refractivity contribution in [2.45, 2.75) is 13.5 Å². The van der Waals surface area contributed by atoms with Crippen molar-refractivity contribution in [2.75, 3.05) is 5.33 Å². The molecule has 0 spiro atoms. The number of rotatable bonds is 5. The molecular weight excluding hydrogens is 344 g/mol. The first-order valence-electron chi connectivity index (χ1n) is 6.14. The highest BCUT2D eigenvalue weighted by Crippen LogP contribution is 2.19. The molecule has 0 N–H and O–H groups in total. The number of hydrogen-bond acceptors (Lipinski definition) is 3. The Hall–Kier alpha value is -1.82. The van der Waals surface area contributed by atoms with Gasteiger partial charge in [0.1, 0.15) is 29.7 Å². The van der Waals surface area contributed by atoms with E-state index >= 15 is 0 Å². The molecule has 1 aromatic heterocycles. The molecule has 0 atom stereocenters. The molecule has 0 saturated carbocycles. The van der Waals surface area contributed by atoms with Crippen molar-refractivity contribution in [3.8, 4) is 5.75 Å². The van der Waals surface area contributed by atoms with E-state index in [0.717, 1.165) is 6.07 Å². The number of halogens is 3. The number of Topliss-reactive ketones (excluding diaryl/α,β-unsaturated/α-hetero) is 1. The second kappa shape index (κ2) is 6.76. The molecule has 6 heteroatoms. The number of nitrogens with zero attached hydrogens (tertiary/aromatic N) is 1. The smallest absolute Gasteiger partial charge is 0.176 e. The van der Waals surface area contributed by atoms with Gasteiger partial charge in [0.25, 0.3) is 0 Å². The lowest BCUT2D eigenvalue weighted by molar-refractivity contribution is 0.102. The molecule has 0 aliphatic heterocycles. The third kappa shape index (κ3) is 3.85. The van der Waals surface area contributed by atoms with E-state index in [4.69, 9.17) is 4.74 Å². The number of alkyl halides is 1. The van der Waals surface area contributed by atoms with Crippen molar-refractivity contribution in [1.29, 1.82) is 0 Å². The molecule has 0 amide bonds. The number of carbonyl (C=O) groups excluding carboxylic acids is 1.